The predicted octanol–water partition coefficient (Wildman–Crippen LogP) is 4.82. The molecule has 0 aliphatic carbocycles. The smallest absolute Gasteiger partial charge is 0.338 e. The van der Waals surface area contributed by atoms with Gasteiger partial charge in [-0.25, -0.2) is 4.79 Å². The molecule has 0 radical (unpaired) electrons. The van der Waals surface area contributed by atoms with Gasteiger partial charge in [-0.05, 0) is 55.3 Å². The number of para-hydroxylation sites is 1. The molecule has 3 aromatic rings. The van der Waals surface area contributed by atoms with Crippen molar-refractivity contribution in [1.82, 2.24) is 4.98 Å². The van der Waals surface area contributed by atoms with Gasteiger partial charge in [0.15, 0.2) is 0 Å². The second-order valence-electron chi connectivity index (χ2n) is 6.35. The van der Waals surface area contributed by atoms with Crippen LogP contribution in [0.2, 0.25) is 0 Å². The van der Waals surface area contributed by atoms with E-state index >= 15 is 0 Å². The fourth-order valence-corrected chi connectivity index (χ4v) is 2.85. The van der Waals surface area contributed by atoms with Crippen molar-refractivity contribution in [1.29, 1.82) is 0 Å². The van der Waals surface area contributed by atoms with Crippen molar-refractivity contribution in [3.05, 3.63) is 83.7 Å². The number of nitrogens with zero attached hydrogens (tertiary/aromatic N) is 1. The van der Waals surface area contributed by atoms with Crippen molar-refractivity contribution >= 4 is 28.9 Å². The number of amides is 1. The molecule has 6 nitrogen and oxygen atoms in total. The largest absolute Gasteiger partial charge is 0.462 e. The van der Waals surface area contributed by atoms with E-state index in [4.69, 9.17) is 4.74 Å². The molecule has 0 atom stereocenters. The fourth-order valence-electron chi connectivity index (χ4n) is 2.85. The number of ether oxygens (including phenoxy) is 1. The zero-order chi connectivity index (χ0) is 20.6. The molecule has 0 unspecified atom stereocenters. The highest BCUT2D eigenvalue weighted by atomic mass is 16.5. The Bertz CT molecular complexity index is 1000. The van der Waals surface area contributed by atoms with Gasteiger partial charge in [0.1, 0.15) is 0 Å². The molecule has 3 rings (SSSR count). The van der Waals surface area contributed by atoms with Crippen molar-refractivity contribution in [2.45, 2.75) is 20.3 Å². The lowest BCUT2D eigenvalue weighted by atomic mass is 10.1. The Kier molecular flexibility index (Phi) is 6.58. The Morgan fingerprint density at radius 2 is 1.69 bits per heavy atom. The first-order valence-electron chi connectivity index (χ1n) is 9.49. The molecule has 0 aliphatic heterocycles. The number of esters is 1. The van der Waals surface area contributed by atoms with Crippen LogP contribution in [0.25, 0.3) is 0 Å². The minimum absolute atomic E-state index is 0.284. The minimum Gasteiger partial charge on any atom is -0.462 e. The third-order valence-corrected chi connectivity index (χ3v) is 4.33. The highest BCUT2D eigenvalue weighted by Crippen LogP contribution is 2.22. The van der Waals surface area contributed by atoms with E-state index in [1.54, 1.807) is 43.5 Å². The lowest BCUT2D eigenvalue weighted by molar-refractivity contribution is 0.0526. The van der Waals surface area contributed by atoms with Gasteiger partial charge in [-0.3, -0.25) is 9.78 Å². The van der Waals surface area contributed by atoms with Crippen molar-refractivity contribution < 1.29 is 14.3 Å². The van der Waals surface area contributed by atoms with E-state index in [-0.39, 0.29) is 11.9 Å². The second-order valence-corrected chi connectivity index (χ2v) is 6.35. The lowest BCUT2D eigenvalue weighted by Crippen LogP contribution is -2.13. The molecule has 1 heterocycles. The number of hydrogen-bond donors (Lipinski definition) is 2. The quantitative estimate of drug-likeness (QED) is 0.567. The van der Waals surface area contributed by atoms with E-state index in [1.165, 1.54) is 11.8 Å². The monoisotopic (exact) mass is 389 g/mol. The lowest BCUT2D eigenvalue weighted by Gasteiger charge is -2.12. The Morgan fingerprint density at radius 1 is 0.931 bits per heavy atom. The predicted molar refractivity (Wildman–Crippen MR) is 114 cm³/mol. The first-order chi connectivity index (χ1) is 14.1. The number of anilines is 3. The van der Waals surface area contributed by atoms with Gasteiger partial charge in [0.2, 0.25) is 0 Å². The molecular weight excluding hydrogens is 366 g/mol. The van der Waals surface area contributed by atoms with Gasteiger partial charge in [-0.1, -0.05) is 25.1 Å². The van der Waals surface area contributed by atoms with Crippen LogP contribution < -0.4 is 10.6 Å². The van der Waals surface area contributed by atoms with Crippen molar-refractivity contribution in [2.24, 2.45) is 0 Å². The van der Waals surface area contributed by atoms with Crippen LogP contribution in [-0.4, -0.2) is 23.5 Å². The first kappa shape index (κ1) is 20.1. The van der Waals surface area contributed by atoms with Crippen molar-refractivity contribution in [3.8, 4) is 0 Å². The number of rotatable bonds is 7. The summed E-state index contributed by atoms with van der Waals surface area (Å²) >= 11 is 0. The average molecular weight is 389 g/mol. The van der Waals surface area contributed by atoms with E-state index in [0.717, 1.165) is 17.8 Å². The van der Waals surface area contributed by atoms with Gasteiger partial charge in [-0.15, -0.1) is 0 Å². The molecule has 0 aliphatic rings. The van der Waals surface area contributed by atoms with Crippen LogP contribution >= 0.6 is 0 Å². The number of nitrogens with one attached hydrogen (secondary N) is 2. The summed E-state index contributed by atoms with van der Waals surface area (Å²) in [6.07, 6.45) is 4.09. The summed E-state index contributed by atoms with van der Waals surface area (Å²) in [5, 5.41) is 6.13. The van der Waals surface area contributed by atoms with Crippen LogP contribution in [-0.2, 0) is 11.2 Å². The summed E-state index contributed by atoms with van der Waals surface area (Å²) in [7, 11) is 0. The first-order valence-corrected chi connectivity index (χ1v) is 9.49. The highest BCUT2D eigenvalue weighted by Gasteiger charge is 2.10. The molecule has 0 bridgehead atoms. The van der Waals surface area contributed by atoms with Crippen LogP contribution in [0.3, 0.4) is 0 Å². The number of carbonyl (C=O) groups is 2. The third-order valence-electron chi connectivity index (χ3n) is 4.33. The number of carbonyl (C=O) groups excluding carboxylic acids is 2. The standard InChI is InChI=1S/C23H23N3O3/c1-3-16-7-5-6-8-21(16)25-20-13-18(14-24-15-20)22(27)26-19-11-9-17(10-12-19)23(28)29-4-2/h5-15,25H,3-4H2,1-2H3,(H,26,27). The zero-order valence-corrected chi connectivity index (χ0v) is 16.4. The summed E-state index contributed by atoms with van der Waals surface area (Å²) in [6.45, 7) is 4.16. The number of aryl methyl sites for hydroxylation is 1. The summed E-state index contributed by atoms with van der Waals surface area (Å²) in [6, 6.07) is 16.3. The Balaban J connectivity index is 1.70. The van der Waals surface area contributed by atoms with E-state index < -0.39 is 0 Å². The topological polar surface area (TPSA) is 80.3 Å². The van der Waals surface area contributed by atoms with Crippen LogP contribution in [0.15, 0.2) is 67.0 Å². The zero-order valence-electron chi connectivity index (χ0n) is 16.4. The number of pyridine rings is 1. The maximum atomic E-state index is 12.6. The van der Waals surface area contributed by atoms with E-state index in [9.17, 15) is 9.59 Å². The summed E-state index contributed by atoms with van der Waals surface area (Å²) < 4.78 is 4.96. The second kappa shape index (κ2) is 9.50. The molecule has 148 valence electrons. The van der Waals surface area contributed by atoms with Gasteiger partial charge < -0.3 is 15.4 Å². The molecule has 1 amide bonds. The molecule has 0 saturated carbocycles. The normalized spacial score (nSPS) is 10.3. The van der Waals surface area contributed by atoms with Crippen LogP contribution in [0, 0.1) is 0 Å². The average Bonchev–Trinajstić information content (AvgIpc) is 2.75. The Labute approximate surface area is 169 Å². The minimum atomic E-state index is -0.388. The molecule has 1 aromatic heterocycles. The molecule has 0 fully saturated rings. The maximum absolute atomic E-state index is 12.6. The van der Waals surface area contributed by atoms with Gasteiger partial charge >= 0.3 is 5.97 Å². The molecule has 2 N–H and O–H groups in total. The van der Waals surface area contributed by atoms with E-state index in [1.807, 2.05) is 18.2 Å². The molecule has 2 aromatic carbocycles. The SMILES string of the molecule is CCOC(=O)c1ccc(NC(=O)c2cncc(Nc3ccccc3CC)c2)cc1. The summed E-state index contributed by atoms with van der Waals surface area (Å²) in [5.74, 6) is -0.672. The Hall–Kier alpha value is -3.67. The van der Waals surface area contributed by atoms with Crippen molar-refractivity contribution in [3.63, 3.8) is 0 Å². The summed E-state index contributed by atoms with van der Waals surface area (Å²) in [5.41, 5.74) is 4.35. The van der Waals surface area contributed by atoms with Gasteiger partial charge in [0, 0.05) is 17.6 Å². The molecule has 0 spiro atoms. The number of hydrogen-bond acceptors (Lipinski definition) is 5. The van der Waals surface area contributed by atoms with Gasteiger partial charge in [0.25, 0.3) is 5.91 Å². The maximum Gasteiger partial charge on any atom is 0.338 e. The number of benzene rings is 2. The summed E-state index contributed by atoms with van der Waals surface area (Å²) in [4.78, 5) is 28.5. The number of aromatic nitrogens is 1. The molecule has 0 saturated heterocycles. The van der Waals surface area contributed by atoms with E-state index in [2.05, 4.69) is 28.6 Å². The molecule has 29 heavy (non-hydrogen) atoms. The van der Waals surface area contributed by atoms with Crippen LogP contribution in [0.4, 0.5) is 17.1 Å². The van der Waals surface area contributed by atoms with E-state index in [0.29, 0.717) is 23.4 Å². The molecule has 6 heteroatoms. The third kappa shape index (κ3) is 5.19. The van der Waals surface area contributed by atoms with Crippen molar-refractivity contribution in [2.75, 3.05) is 17.2 Å². The highest BCUT2D eigenvalue weighted by molar-refractivity contribution is 6.04. The van der Waals surface area contributed by atoms with Gasteiger partial charge in [-0.2, -0.15) is 0 Å². The van der Waals surface area contributed by atoms with Crippen LogP contribution in [0.1, 0.15) is 40.1 Å². The molecular formula is C23H23N3O3. The van der Waals surface area contributed by atoms with Crippen LogP contribution in [0.5, 0.6) is 0 Å². The fraction of sp³-hybridized carbons (Fsp3) is 0.174. The van der Waals surface area contributed by atoms with Gasteiger partial charge in [0.05, 0.1) is 29.6 Å². The Morgan fingerprint density at radius 3 is 2.41 bits per heavy atom.